The maximum absolute atomic E-state index is 4.10. The van der Waals surface area contributed by atoms with Crippen molar-refractivity contribution in [3.8, 4) is 0 Å². The van der Waals surface area contributed by atoms with Gasteiger partial charge in [0.2, 0.25) is 0 Å². The SMILES string of the molecule is C=C(NN(CC)CC)[C@H]1CC1CC. The number of hydrogen-bond donors (Lipinski definition) is 1. The Bertz CT molecular complexity index is 173. The van der Waals surface area contributed by atoms with Crippen LogP contribution in [0.25, 0.3) is 0 Å². The van der Waals surface area contributed by atoms with Crippen molar-refractivity contribution in [2.24, 2.45) is 11.8 Å². The molecular weight excluding hydrogens is 160 g/mol. The van der Waals surface area contributed by atoms with Crippen LogP contribution in [0, 0.1) is 11.8 Å². The Morgan fingerprint density at radius 2 is 2.00 bits per heavy atom. The number of allylic oxidation sites excluding steroid dienone is 1. The standard InChI is InChI=1S/C11H22N2/c1-5-10-8-11(10)9(4)12-13(6-2)7-3/h10-12H,4-8H2,1-3H3/t10?,11-/m1/s1. The lowest BCUT2D eigenvalue weighted by molar-refractivity contribution is 0.230. The predicted octanol–water partition coefficient (Wildman–Crippen LogP) is 2.39. The zero-order valence-corrected chi connectivity index (χ0v) is 9.14. The molecule has 0 amide bonds. The molecule has 0 aromatic heterocycles. The Labute approximate surface area is 82.0 Å². The van der Waals surface area contributed by atoms with Gasteiger partial charge in [-0.05, 0) is 12.3 Å². The summed E-state index contributed by atoms with van der Waals surface area (Å²) in [5.74, 6) is 1.64. The molecule has 1 unspecified atom stereocenters. The second kappa shape index (κ2) is 4.66. The summed E-state index contributed by atoms with van der Waals surface area (Å²) in [5.41, 5.74) is 4.60. The second-order valence-electron chi connectivity index (χ2n) is 3.82. The van der Waals surface area contributed by atoms with Crippen LogP contribution in [-0.4, -0.2) is 18.1 Å². The summed E-state index contributed by atoms with van der Waals surface area (Å²) in [5, 5.41) is 2.20. The van der Waals surface area contributed by atoms with E-state index in [9.17, 15) is 0 Å². The fraction of sp³-hybridized carbons (Fsp3) is 0.818. The number of nitrogens with one attached hydrogen (secondary N) is 1. The summed E-state index contributed by atoms with van der Waals surface area (Å²) >= 11 is 0. The van der Waals surface area contributed by atoms with E-state index in [4.69, 9.17) is 0 Å². The highest BCUT2D eigenvalue weighted by Crippen LogP contribution is 2.44. The molecule has 0 spiro atoms. The molecule has 13 heavy (non-hydrogen) atoms. The third kappa shape index (κ3) is 2.73. The van der Waals surface area contributed by atoms with Crippen molar-refractivity contribution < 1.29 is 0 Å². The van der Waals surface area contributed by atoms with Crippen LogP contribution in [0.15, 0.2) is 12.3 Å². The largest absolute Gasteiger partial charge is 0.323 e. The van der Waals surface area contributed by atoms with Crippen molar-refractivity contribution in [1.29, 1.82) is 0 Å². The van der Waals surface area contributed by atoms with Gasteiger partial charge in [-0.2, -0.15) is 0 Å². The van der Waals surface area contributed by atoms with E-state index < -0.39 is 0 Å². The van der Waals surface area contributed by atoms with Crippen LogP contribution in [0.4, 0.5) is 0 Å². The molecule has 0 aromatic rings. The van der Waals surface area contributed by atoms with Gasteiger partial charge in [-0.15, -0.1) is 0 Å². The number of rotatable bonds is 6. The lowest BCUT2D eigenvalue weighted by Gasteiger charge is -2.22. The lowest BCUT2D eigenvalue weighted by atomic mass is 10.2. The van der Waals surface area contributed by atoms with Gasteiger partial charge in [0, 0.05) is 24.7 Å². The first-order chi connectivity index (χ1) is 6.22. The summed E-state index contributed by atoms with van der Waals surface area (Å²) in [6.45, 7) is 12.8. The molecule has 2 heteroatoms. The maximum atomic E-state index is 4.10. The summed E-state index contributed by atoms with van der Waals surface area (Å²) in [6, 6.07) is 0. The Kier molecular flexibility index (Phi) is 3.79. The summed E-state index contributed by atoms with van der Waals surface area (Å²) in [6.07, 6.45) is 2.63. The zero-order chi connectivity index (χ0) is 9.84. The van der Waals surface area contributed by atoms with Gasteiger partial charge in [0.05, 0.1) is 0 Å². The van der Waals surface area contributed by atoms with Gasteiger partial charge in [-0.3, -0.25) is 0 Å². The number of hydrogen-bond acceptors (Lipinski definition) is 2. The highest BCUT2D eigenvalue weighted by molar-refractivity contribution is 5.08. The van der Waals surface area contributed by atoms with Crippen molar-refractivity contribution in [2.45, 2.75) is 33.6 Å². The van der Waals surface area contributed by atoms with Crippen LogP contribution < -0.4 is 5.43 Å². The van der Waals surface area contributed by atoms with Crippen molar-refractivity contribution in [3.63, 3.8) is 0 Å². The molecule has 2 nitrogen and oxygen atoms in total. The van der Waals surface area contributed by atoms with E-state index in [0.29, 0.717) is 0 Å². The molecule has 1 saturated carbocycles. The molecule has 1 fully saturated rings. The van der Waals surface area contributed by atoms with E-state index in [1.807, 2.05) is 0 Å². The lowest BCUT2D eigenvalue weighted by Crippen LogP contribution is -2.37. The van der Waals surface area contributed by atoms with Crippen molar-refractivity contribution in [1.82, 2.24) is 10.4 Å². The van der Waals surface area contributed by atoms with E-state index in [2.05, 4.69) is 37.8 Å². The highest BCUT2D eigenvalue weighted by Gasteiger charge is 2.37. The highest BCUT2D eigenvalue weighted by atomic mass is 15.5. The Morgan fingerprint density at radius 3 is 2.38 bits per heavy atom. The molecule has 0 saturated heterocycles. The topological polar surface area (TPSA) is 15.3 Å². The Hall–Kier alpha value is -0.500. The minimum Gasteiger partial charge on any atom is -0.323 e. The molecule has 0 aliphatic heterocycles. The van der Waals surface area contributed by atoms with Gasteiger partial charge in [0.1, 0.15) is 0 Å². The third-order valence-electron chi connectivity index (χ3n) is 2.96. The fourth-order valence-corrected chi connectivity index (χ4v) is 1.79. The van der Waals surface area contributed by atoms with Gasteiger partial charge in [0.15, 0.2) is 0 Å². The molecular formula is C11H22N2. The van der Waals surface area contributed by atoms with E-state index in [0.717, 1.165) is 24.9 Å². The van der Waals surface area contributed by atoms with Crippen LogP contribution >= 0.6 is 0 Å². The molecule has 1 aliphatic rings. The molecule has 0 heterocycles. The Morgan fingerprint density at radius 1 is 1.38 bits per heavy atom. The average Bonchev–Trinajstić information content (AvgIpc) is 2.92. The van der Waals surface area contributed by atoms with Crippen LogP contribution in [0.2, 0.25) is 0 Å². The molecule has 1 N–H and O–H groups in total. The van der Waals surface area contributed by atoms with Crippen LogP contribution in [0.1, 0.15) is 33.6 Å². The molecule has 1 aliphatic carbocycles. The van der Waals surface area contributed by atoms with E-state index in [1.54, 1.807) is 0 Å². The first-order valence-electron chi connectivity index (χ1n) is 5.43. The molecule has 1 rings (SSSR count). The van der Waals surface area contributed by atoms with Crippen LogP contribution in [-0.2, 0) is 0 Å². The fourth-order valence-electron chi connectivity index (χ4n) is 1.79. The van der Waals surface area contributed by atoms with Gasteiger partial charge in [-0.1, -0.05) is 33.8 Å². The number of hydrazine groups is 1. The van der Waals surface area contributed by atoms with Crippen molar-refractivity contribution in [2.75, 3.05) is 13.1 Å². The van der Waals surface area contributed by atoms with Gasteiger partial charge in [0.25, 0.3) is 0 Å². The molecule has 76 valence electrons. The van der Waals surface area contributed by atoms with Gasteiger partial charge >= 0.3 is 0 Å². The van der Waals surface area contributed by atoms with Gasteiger partial charge < -0.3 is 5.43 Å². The summed E-state index contributed by atoms with van der Waals surface area (Å²) in [4.78, 5) is 0. The number of nitrogens with zero attached hydrogens (tertiary/aromatic N) is 1. The molecule has 2 atom stereocenters. The third-order valence-corrected chi connectivity index (χ3v) is 2.96. The quantitative estimate of drug-likeness (QED) is 0.635. The monoisotopic (exact) mass is 182 g/mol. The molecule has 0 aromatic carbocycles. The van der Waals surface area contributed by atoms with E-state index in [1.165, 1.54) is 18.5 Å². The average molecular weight is 182 g/mol. The van der Waals surface area contributed by atoms with E-state index >= 15 is 0 Å². The summed E-state index contributed by atoms with van der Waals surface area (Å²) < 4.78 is 0. The second-order valence-corrected chi connectivity index (χ2v) is 3.82. The van der Waals surface area contributed by atoms with Crippen LogP contribution in [0.5, 0.6) is 0 Å². The Balaban J connectivity index is 2.25. The normalized spacial score (nSPS) is 26.2. The van der Waals surface area contributed by atoms with Crippen LogP contribution in [0.3, 0.4) is 0 Å². The van der Waals surface area contributed by atoms with Crippen molar-refractivity contribution in [3.05, 3.63) is 12.3 Å². The first kappa shape index (κ1) is 10.6. The maximum Gasteiger partial charge on any atom is 0.0226 e. The van der Waals surface area contributed by atoms with Gasteiger partial charge in [-0.25, -0.2) is 5.01 Å². The molecule has 0 bridgehead atoms. The van der Waals surface area contributed by atoms with E-state index in [-0.39, 0.29) is 0 Å². The first-order valence-corrected chi connectivity index (χ1v) is 5.43. The van der Waals surface area contributed by atoms with Crippen molar-refractivity contribution >= 4 is 0 Å². The predicted molar refractivity (Wildman–Crippen MR) is 57.1 cm³/mol. The zero-order valence-electron chi connectivity index (χ0n) is 9.14. The smallest absolute Gasteiger partial charge is 0.0226 e. The minimum absolute atomic E-state index is 0.741. The summed E-state index contributed by atoms with van der Waals surface area (Å²) in [7, 11) is 0. The molecule has 0 radical (unpaired) electrons. The minimum atomic E-state index is 0.741.